The van der Waals surface area contributed by atoms with Crippen molar-refractivity contribution < 1.29 is 0 Å². The molecule has 82 valence electrons. The Balaban J connectivity index is 2.04. The van der Waals surface area contributed by atoms with Crippen molar-refractivity contribution in [2.24, 2.45) is 0 Å². The zero-order valence-electron chi connectivity index (χ0n) is 9.37. The third-order valence-electron chi connectivity index (χ3n) is 3.03. The van der Waals surface area contributed by atoms with Crippen LogP contribution in [0.5, 0.6) is 0 Å². The molecule has 0 aromatic carbocycles. The lowest BCUT2D eigenvalue weighted by molar-refractivity contribution is 0.652. The average Bonchev–Trinajstić information content (AvgIpc) is 2.80. The average molecular weight is 205 g/mol. The Bertz CT molecular complexity index is 305. The molecule has 0 saturated heterocycles. The number of nitrogens with zero attached hydrogens (tertiary/aromatic N) is 2. The fraction of sp³-hybridized carbons (Fsp3) is 0.667. The van der Waals surface area contributed by atoms with Crippen LogP contribution in [0.4, 0.5) is 0 Å². The summed E-state index contributed by atoms with van der Waals surface area (Å²) in [6, 6.07) is 2.07. The van der Waals surface area contributed by atoms with Crippen LogP contribution >= 0.6 is 0 Å². The topological polar surface area (TPSA) is 37.8 Å². The molecule has 0 aliphatic heterocycles. The van der Waals surface area contributed by atoms with Gasteiger partial charge in [0, 0.05) is 17.8 Å². The molecule has 1 aliphatic carbocycles. The largest absolute Gasteiger partial charge is 0.310 e. The molecule has 1 aromatic rings. The van der Waals surface area contributed by atoms with Gasteiger partial charge in [-0.3, -0.25) is 0 Å². The highest BCUT2D eigenvalue weighted by Crippen LogP contribution is 2.32. The van der Waals surface area contributed by atoms with E-state index in [1.54, 1.807) is 0 Å². The first-order chi connectivity index (χ1) is 7.40. The highest BCUT2D eigenvalue weighted by atomic mass is 15.0. The molecule has 1 fully saturated rings. The molecule has 0 radical (unpaired) electrons. The zero-order valence-corrected chi connectivity index (χ0v) is 9.37. The van der Waals surface area contributed by atoms with Crippen molar-refractivity contribution in [3.63, 3.8) is 0 Å². The summed E-state index contributed by atoms with van der Waals surface area (Å²) in [6.07, 6.45) is 7.22. The molecule has 1 heterocycles. The molecule has 0 spiro atoms. The van der Waals surface area contributed by atoms with Gasteiger partial charge in [-0.25, -0.2) is 9.97 Å². The Morgan fingerprint density at radius 3 is 2.93 bits per heavy atom. The molecule has 1 aromatic heterocycles. The molecule has 0 amide bonds. The summed E-state index contributed by atoms with van der Waals surface area (Å²) >= 11 is 0. The minimum atomic E-state index is 0.688. The first kappa shape index (κ1) is 10.6. The van der Waals surface area contributed by atoms with Crippen molar-refractivity contribution in [2.45, 2.75) is 45.1 Å². The molecule has 3 nitrogen and oxygen atoms in total. The molecule has 2 rings (SSSR count). The highest BCUT2D eigenvalue weighted by molar-refractivity contribution is 5.09. The van der Waals surface area contributed by atoms with Gasteiger partial charge < -0.3 is 5.32 Å². The SMILES string of the molecule is CCNCc1nccc(C2CCCC2)n1. The minimum Gasteiger partial charge on any atom is -0.310 e. The van der Waals surface area contributed by atoms with Crippen molar-refractivity contribution in [1.29, 1.82) is 0 Å². The quantitative estimate of drug-likeness (QED) is 0.819. The summed E-state index contributed by atoms with van der Waals surface area (Å²) in [5.74, 6) is 1.62. The van der Waals surface area contributed by atoms with Gasteiger partial charge in [0.2, 0.25) is 0 Å². The lowest BCUT2D eigenvalue weighted by Crippen LogP contribution is -2.15. The minimum absolute atomic E-state index is 0.688. The van der Waals surface area contributed by atoms with Crippen LogP contribution in [-0.2, 0) is 6.54 Å². The van der Waals surface area contributed by atoms with Crippen LogP contribution in [0.15, 0.2) is 12.3 Å². The summed E-state index contributed by atoms with van der Waals surface area (Å²) in [4.78, 5) is 8.89. The molecule has 0 atom stereocenters. The van der Waals surface area contributed by atoms with E-state index in [-0.39, 0.29) is 0 Å². The van der Waals surface area contributed by atoms with Gasteiger partial charge >= 0.3 is 0 Å². The monoisotopic (exact) mass is 205 g/mol. The summed E-state index contributed by atoms with van der Waals surface area (Å²) < 4.78 is 0. The van der Waals surface area contributed by atoms with E-state index in [0.29, 0.717) is 5.92 Å². The van der Waals surface area contributed by atoms with Crippen LogP contribution in [0.1, 0.15) is 50.0 Å². The number of aromatic nitrogens is 2. The van der Waals surface area contributed by atoms with Crippen LogP contribution < -0.4 is 5.32 Å². The maximum Gasteiger partial charge on any atom is 0.142 e. The van der Waals surface area contributed by atoms with Gasteiger partial charge in [0.1, 0.15) is 5.82 Å². The van der Waals surface area contributed by atoms with Crippen LogP contribution in [0.3, 0.4) is 0 Å². The molecular formula is C12H19N3. The van der Waals surface area contributed by atoms with E-state index >= 15 is 0 Å². The van der Waals surface area contributed by atoms with Crippen molar-refractivity contribution in [3.05, 3.63) is 23.8 Å². The highest BCUT2D eigenvalue weighted by Gasteiger charge is 2.18. The van der Waals surface area contributed by atoms with Crippen LogP contribution in [0, 0.1) is 0 Å². The fourth-order valence-electron chi connectivity index (χ4n) is 2.19. The summed E-state index contributed by atoms with van der Waals surface area (Å²) in [7, 11) is 0. The molecular weight excluding hydrogens is 186 g/mol. The predicted molar refractivity (Wildman–Crippen MR) is 60.6 cm³/mol. The number of hydrogen-bond acceptors (Lipinski definition) is 3. The van der Waals surface area contributed by atoms with E-state index in [4.69, 9.17) is 0 Å². The van der Waals surface area contributed by atoms with E-state index in [2.05, 4.69) is 28.3 Å². The zero-order chi connectivity index (χ0) is 10.5. The van der Waals surface area contributed by atoms with Gasteiger partial charge in [-0.05, 0) is 25.5 Å². The van der Waals surface area contributed by atoms with E-state index < -0.39 is 0 Å². The van der Waals surface area contributed by atoms with E-state index in [0.717, 1.165) is 18.9 Å². The Morgan fingerprint density at radius 1 is 1.40 bits per heavy atom. The Labute approximate surface area is 91.3 Å². The first-order valence-corrected chi connectivity index (χ1v) is 5.92. The predicted octanol–water partition coefficient (Wildman–Crippen LogP) is 2.24. The Kier molecular flexibility index (Phi) is 3.67. The second-order valence-corrected chi connectivity index (χ2v) is 4.16. The normalized spacial score (nSPS) is 17.1. The molecule has 1 N–H and O–H groups in total. The van der Waals surface area contributed by atoms with Gasteiger partial charge in [-0.1, -0.05) is 19.8 Å². The van der Waals surface area contributed by atoms with Crippen LogP contribution in [-0.4, -0.2) is 16.5 Å². The molecule has 1 aliphatic rings. The number of rotatable bonds is 4. The van der Waals surface area contributed by atoms with E-state index in [1.165, 1.54) is 31.4 Å². The number of hydrogen-bond donors (Lipinski definition) is 1. The standard InChI is InChI=1S/C12H19N3/c1-2-13-9-12-14-8-7-11(15-12)10-5-3-4-6-10/h7-8,10,13H,2-6,9H2,1H3. The molecule has 0 unspecified atom stereocenters. The third kappa shape index (κ3) is 2.75. The summed E-state index contributed by atoms with van der Waals surface area (Å²) in [6.45, 7) is 3.86. The van der Waals surface area contributed by atoms with Crippen molar-refractivity contribution >= 4 is 0 Å². The summed E-state index contributed by atoms with van der Waals surface area (Å²) in [5.41, 5.74) is 1.25. The summed E-state index contributed by atoms with van der Waals surface area (Å²) in [5, 5.41) is 3.26. The van der Waals surface area contributed by atoms with Crippen molar-refractivity contribution in [1.82, 2.24) is 15.3 Å². The lowest BCUT2D eigenvalue weighted by Gasteiger charge is -2.09. The van der Waals surface area contributed by atoms with Gasteiger partial charge in [-0.2, -0.15) is 0 Å². The van der Waals surface area contributed by atoms with E-state index in [9.17, 15) is 0 Å². The number of nitrogens with one attached hydrogen (secondary N) is 1. The fourth-order valence-corrected chi connectivity index (χ4v) is 2.19. The van der Waals surface area contributed by atoms with Crippen LogP contribution in [0.2, 0.25) is 0 Å². The van der Waals surface area contributed by atoms with Gasteiger partial charge in [0.25, 0.3) is 0 Å². The second kappa shape index (κ2) is 5.21. The van der Waals surface area contributed by atoms with Crippen molar-refractivity contribution in [3.8, 4) is 0 Å². The molecule has 0 bridgehead atoms. The smallest absolute Gasteiger partial charge is 0.142 e. The van der Waals surface area contributed by atoms with Gasteiger partial charge in [-0.15, -0.1) is 0 Å². The maximum absolute atomic E-state index is 4.62. The molecule has 15 heavy (non-hydrogen) atoms. The Morgan fingerprint density at radius 2 is 2.20 bits per heavy atom. The van der Waals surface area contributed by atoms with E-state index in [1.807, 2.05) is 6.20 Å². The first-order valence-electron chi connectivity index (χ1n) is 5.92. The second-order valence-electron chi connectivity index (χ2n) is 4.16. The van der Waals surface area contributed by atoms with Gasteiger partial charge in [0.15, 0.2) is 0 Å². The molecule has 3 heteroatoms. The van der Waals surface area contributed by atoms with Crippen LogP contribution in [0.25, 0.3) is 0 Å². The Hall–Kier alpha value is -0.960. The van der Waals surface area contributed by atoms with Gasteiger partial charge in [0.05, 0.1) is 6.54 Å². The van der Waals surface area contributed by atoms with Crippen molar-refractivity contribution in [2.75, 3.05) is 6.54 Å². The maximum atomic E-state index is 4.62. The molecule has 1 saturated carbocycles. The lowest BCUT2D eigenvalue weighted by atomic mass is 10.0. The third-order valence-corrected chi connectivity index (χ3v) is 3.03.